The number of rotatable bonds is 10. The number of aryl methyl sites for hydroxylation is 2. The van der Waals surface area contributed by atoms with E-state index in [-0.39, 0.29) is 29.0 Å². The second-order valence-corrected chi connectivity index (χ2v) is 12.1. The minimum atomic E-state index is -4.80. The lowest BCUT2D eigenvalue weighted by Crippen LogP contribution is -2.33. The second-order valence-electron chi connectivity index (χ2n) is 11.2. The van der Waals surface area contributed by atoms with Crippen molar-refractivity contribution < 1.29 is 37.0 Å². The molecule has 1 aliphatic heterocycles. The summed E-state index contributed by atoms with van der Waals surface area (Å²) < 4.78 is 47.7. The number of carbonyl (C=O) groups excluding carboxylic acids is 3. The molecule has 1 fully saturated rings. The van der Waals surface area contributed by atoms with Crippen molar-refractivity contribution in [2.75, 3.05) is 24.8 Å². The summed E-state index contributed by atoms with van der Waals surface area (Å²) in [6, 6.07) is 17.2. The van der Waals surface area contributed by atoms with Gasteiger partial charge < -0.3 is 14.4 Å². The van der Waals surface area contributed by atoms with Crippen LogP contribution in [0.4, 0.5) is 23.7 Å². The fraction of sp³-hybridized carbons (Fsp3) is 0.294. The maximum Gasteiger partial charge on any atom is 0.573 e. The molecule has 3 amide bonds. The lowest BCUT2D eigenvalue weighted by molar-refractivity contribution is -0.274. The standard InChI is InChI=1S/C34H33F3N6O5S/c1-5-6-22-8-7-21(2)17-28(22)43-30(45)19-49-32(43)39-29(44)18-27(41(3)33(46)47-4)23-9-11-24(12-10-23)31-38-20-42(40-31)25-13-15-26(16-14-25)48-34(35,36)37/h7-17,20,27H,5-6,18-19H2,1-4H3. The van der Waals surface area contributed by atoms with Crippen molar-refractivity contribution in [1.29, 1.82) is 0 Å². The Bertz CT molecular complexity index is 1860. The van der Waals surface area contributed by atoms with Crippen LogP contribution in [0, 0.1) is 6.92 Å². The molecule has 1 unspecified atom stereocenters. The molecule has 0 spiro atoms. The molecule has 2 heterocycles. The summed E-state index contributed by atoms with van der Waals surface area (Å²) in [5.41, 5.74) is 4.37. The molecule has 11 nitrogen and oxygen atoms in total. The topological polar surface area (TPSA) is 119 Å². The Balaban J connectivity index is 1.36. The van der Waals surface area contributed by atoms with Gasteiger partial charge in [-0.3, -0.25) is 14.5 Å². The van der Waals surface area contributed by atoms with Crippen LogP contribution < -0.4 is 9.64 Å². The summed E-state index contributed by atoms with van der Waals surface area (Å²) in [5.74, 6) is -0.557. The van der Waals surface area contributed by atoms with E-state index in [2.05, 4.69) is 26.7 Å². The number of amidine groups is 1. The average molecular weight is 695 g/mol. The molecule has 3 aromatic carbocycles. The minimum absolute atomic E-state index is 0.153. The predicted octanol–water partition coefficient (Wildman–Crippen LogP) is 6.89. The van der Waals surface area contributed by atoms with Crippen LogP contribution in [0.3, 0.4) is 0 Å². The molecule has 0 radical (unpaired) electrons. The van der Waals surface area contributed by atoms with Crippen LogP contribution in [-0.4, -0.2) is 69.0 Å². The molecule has 5 rings (SSSR count). The quantitative estimate of drug-likeness (QED) is 0.176. The Morgan fingerprint density at radius 3 is 2.45 bits per heavy atom. The summed E-state index contributed by atoms with van der Waals surface area (Å²) in [5, 5.41) is 4.71. The number of hydrogen-bond donors (Lipinski definition) is 0. The number of aromatic nitrogens is 3. The SMILES string of the molecule is CCCc1ccc(C)cc1N1C(=O)CSC1=NC(=O)CC(c1ccc(-c2ncn(-c3ccc(OC(F)(F)F)cc3)n2)cc1)N(C)C(=O)OC. The summed E-state index contributed by atoms with van der Waals surface area (Å²) >= 11 is 1.19. The zero-order chi connectivity index (χ0) is 35.3. The fourth-order valence-corrected chi connectivity index (χ4v) is 6.16. The van der Waals surface area contributed by atoms with Gasteiger partial charge in [0.15, 0.2) is 11.0 Å². The van der Waals surface area contributed by atoms with Crippen LogP contribution in [0.1, 0.15) is 42.5 Å². The van der Waals surface area contributed by atoms with Crippen LogP contribution in [0.25, 0.3) is 17.1 Å². The summed E-state index contributed by atoms with van der Waals surface area (Å²) in [6.07, 6.45) is -2.57. The van der Waals surface area contributed by atoms with Crippen LogP contribution in [-0.2, 0) is 20.7 Å². The van der Waals surface area contributed by atoms with Gasteiger partial charge in [0.05, 0.1) is 36.7 Å². The number of anilines is 1. The molecule has 0 bridgehead atoms. The van der Waals surface area contributed by atoms with Crippen molar-refractivity contribution >= 4 is 40.5 Å². The molecular weight excluding hydrogens is 661 g/mol. The van der Waals surface area contributed by atoms with Gasteiger partial charge in [0.1, 0.15) is 12.1 Å². The molecule has 0 saturated carbocycles. The Kier molecular flexibility index (Phi) is 10.7. The number of thioether (sulfide) groups is 1. The third-order valence-corrected chi connectivity index (χ3v) is 8.59. The Hall–Kier alpha value is -5.18. The molecule has 0 aliphatic carbocycles. The number of benzene rings is 3. The molecule has 1 aliphatic rings. The molecule has 15 heteroatoms. The van der Waals surface area contributed by atoms with Gasteiger partial charge in [0, 0.05) is 12.6 Å². The van der Waals surface area contributed by atoms with Crippen LogP contribution >= 0.6 is 11.8 Å². The monoisotopic (exact) mass is 694 g/mol. The zero-order valence-corrected chi connectivity index (χ0v) is 27.9. The van der Waals surface area contributed by atoms with Crippen molar-refractivity contribution in [2.24, 2.45) is 4.99 Å². The van der Waals surface area contributed by atoms with E-state index >= 15 is 0 Å². The van der Waals surface area contributed by atoms with Gasteiger partial charge >= 0.3 is 12.5 Å². The number of halogens is 3. The molecule has 256 valence electrons. The highest BCUT2D eigenvalue weighted by Gasteiger charge is 2.33. The maximum absolute atomic E-state index is 13.5. The second kappa shape index (κ2) is 14.9. The largest absolute Gasteiger partial charge is 0.573 e. The first-order chi connectivity index (χ1) is 23.4. The van der Waals surface area contributed by atoms with E-state index in [9.17, 15) is 27.6 Å². The first-order valence-corrected chi connectivity index (χ1v) is 16.2. The van der Waals surface area contributed by atoms with Gasteiger partial charge in [-0.25, -0.2) is 14.5 Å². The highest BCUT2D eigenvalue weighted by Crippen LogP contribution is 2.33. The van der Waals surface area contributed by atoms with E-state index in [0.717, 1.165) is 24.0 Å². The van der Waals surface area contributed by atoms with E-state index in [1.807, 2.05) is 25.1 Å². The van der Waals surface area contributed by atoms with Crippen molar-refractivity contribution in [1.82, 2.24) is 19.7 Å². The smallest absolute Gasteiger partial charge is 0.453 e. The first-order valence-electron chi connectivity index (χ1n) is 15.2. The number of aliphatic imine (C=N–C) groups is 1. The maximum atomic E-state index is 13.5. The van der Waals surface area contributed by atoms with E-state index < -0.39 is 24.4 Å². The number of amides is 3. The van der Waals surface area contributed by atoms with Crippen LogP contribution in [0.2, 0.25) is 0 Å². The Labute approximate surface area is 284 Å². The Morgan fingerprint density at radius 2 is 1.80 bits per heavy atom. The molecular formula is C34H33F3N6O5S. The Morgan fingerprint density at radius 1 is 1.08 bits per heavy atom. The molecule has 0 N–H and O–H groups in total. The van der Waals surface area contributed by atoms with Crippen LogP contribution in [0.15, 0.2) is 78.0 Å². The summed E-state index contributed by atoms with van der Waals surface area (Å²) in [6.45, 7) is 3.99. The number of nitrogens with zero attached hydrogens (tertiary/aromatic N) is 6. The first kappa shape index (κ1) is 35.1. The van der Waals surface area contributed by atoms with Crippen molar-refractivity contribution in [3.8, 4) is 22.8 Å². The van der Waals surface area contributed by atoms with E-state index in [1.165, 1.54) is 71.0 Å². The van der Waals surface area contributed by atoms with Crippen LogP contribution in [0.5, 0.6) is 5.75 Å². The van der Waals surface area contributed by atoms with Gasteiger partial charge in [0.2, 0.25) is 5.91 Å². The number of hydrogen-bond acceptors (Lipinski definition) is 8. The summed E-state index contributed by atoms with van der Waals surface area (Å²) in [4.78, 5) is 50.5. The highest BCUT2D eigenvalue weighted by atomic mass is 32.2. The highest BCUT2D eigenvalue weighted by molar-refractivity contribution is 8.15. The van der Waals surface area contributed by atoms with Crippen molar-refractivity contribution in [3.05, 3.63) is 89.7 Å². The van der Waals surface area contributed by atoms with Gasteiger partial charge in [-0.15, -0.1) is 18.3 Å². The van der Waals surface area contributed by atoms with E-state index in [4.69, 9.17) is 4.74 Å². The predicted molar refractivity (Wildman–Crippen MR) is 179 cm³/mol. The molecule has 1 atom stereocenters. The summed E-state index contributed by atoms with van der Waals surface area (Å²) in [7, 11) is 2.76. The number of ether oxygens (including phenoxy) is 2. The molecule has 1 saturated heterocycles. The third-order valence-electron chi connectivity index (χ3n) is 7.67. The fourth-order valence-electron chi connectivity index (χ4n) is 5.29. The number of alkyl halides is 3. The molecule has 1 aromatic heterocycles. The molecule has 49 heavy (non-hydrogen) atoms. The van der Waals surface area contributed by atoms with E-state index in [0.29, 0.717) is 28.3 Å². The van der Waals surface area contributed by atoms with Crippen molar-refractivity contribution in [3.63, 3.8) is 0 Å². The number of carbonyl (C=O) groups is 3. The lowest BCUT2D eigenvalue weighted by Gasteiger charge is -2.26. The lowest BCUT2D eigenvalue weighted by atomic mass is 10.0. The average Bonchev–Trinajstić information content (AvgIpc) is 3.70. The molecule has 4 aromatic rings. The minimum Gasteiger partial charge on any atom is -0.453 e. The number of methoxy groups -OCH3 is 1. The normalized spacial score (nSPS) is 14.6. The zero-order valence-electron chi connectivity index (χ0n) is 27.1. The van der Waals surface area contributed by atoms with Crippen molar-refractivity contribution in [2.45, 2.75) is 45.5 Å². The van der Waals surface area contributed by atoms with Gasteiger partial charge in [-0.05, 0) is 60.4 Å². The third kappa shape index (κ3) is 8.46. The van der Waals surface area contributed by atoms with E-state index in [1.54, 1.807) is 24.3 Å². The van der Waals surface area contributed by atoms with Gasteiger partial charge in [0.25, 0.3) is 5.91 Å². The van der Waals surface area contributed by atoms with Gasteiger partial charge in [-0.2, -0.15) is 4.99 Å². The van der Waals surface area contributed by atoms with Gasteiger partial charge in [-0.1, -0.05) is 61.5 Å².